The molecule has 17 heavy (non-hydrogen) atoms. The van der Waals surface area contributed by atoms with Gasteiger partial charge in [0.05, 0.1) is 0 Å². The van der Waals surface area contributed by atoms with Crippen molar-refractivity contribution in [3.8, 4) is 0 Å². The van der Waals surface area contributed by atoms with Crippen molar-refractivity contribution in [3.63, 3.8) is 0 Å². The van der Waals surface area contributed by atoms with Crippen LogP contribution in [0, 0.1) is 23.2 Å². The quantitative estimate of drug-likeness (QED) is 0.714. The van der Waals surface area contributed by atoms with Crippen molar-refractivity contribution < 1.29 is 0 Å². The van der Waals surface area contributed by atoms with E-state index in [1.54, 1.807) is 0 Å². The zero-order chi connectivity index (χ0) is 12.9. The highest BCUT2D eigenvalue weighted by Crippen LogP contribution is 2.40. The molecule has 1 aliphatic rings. The van der Waals surface area contributed by atoms with E-state index in [9.17, 15) is 0 Å². The fourth-order valence-corrected chi connectivity index (χ4v) is 3.33. The Balaban J connectivity index is 2.50. The number of hydrogen-bond donors (Lipinski definition) is 1. The monoisotopic (exact) mass is 239 g/mol. The lowest BCUT2D eigenvalue weighted by Gasteiger charge is -2.36. The van der Waals surface area contributed by atoms with Crippen LogP contribution in [0.3, 0.4) is 0 Å². The first-order valence-corrected chi connectivity index (χ1v) is 7.62. The molecular formula is C16H33N. The molecule has 0 saturated heterocycles. The molecule has 2 atom stereocenters. The van der Waals surface area contributed by atoms with Gasteiger partial charge in [0, 0.05) is 0 Å². The van der Waals surface area contributed by atoms with Gasteiger partial charge in [0.2, 0.25) is 0 Å². The average molecular weight is 239 g/mol. The molecule has 0 radical (unpaired) electrons. The van der Waals surface area contributed by atoms with Crippen LogP contribution >= 0.6 is 0 Å². The molecule has 0 aromatic heterocycles. The summed E-state index contributed by atoms with van der Waals surface area (Å²) < 4.78 is 0. The van der Waals surface area contributed by atoms with Gasteiger partial charge in [0.1, 0.15) is 0 Å². The molecule has 102 valence electrons. The zero-order valence-corrected chi connectivity index (χ0v) is 12.7. The summed E-state index contributed by atoms with van der Waals surface area (Å²) in [6.07, 6.45) is 7.22. The number of nitrogens with one attached hydrogen (secondary N) is 1. The summed E-state index contributed by atoms with van der Waals surface area (Å²) in [6.45, 7) is 14.3. The highest BCUT2D eigenvalue weighted by atomic mass is 14.9. The lowest BCUT2D eigenvalue weighted by Crippen LogP contribution is -2.35. The van der Waals surface area contributed by atoms with Crippen LogP contribution in [-0.2, 0) is 0 Å². The Hall–Kier alpha value is -0.0400. The van der Waals surface area contributed by atoms with Crippen molar-refractivity contribution in [2.24, 2.45) is 23.2 Å². The molecule has 0 aromatic carbocycles. The second-order valence-electron chi connectivity index (χ2n) is 7.42. The van der Waals surface area contributed by atoms with E-state index in [1.807, 2.05) is 0 Å². The third kappa shape index (κ3) is 5.42. The number of rotatable bonds is 4. The zero-order valence-electron chi connectivity index (χ0n) is 12.7. The smallest absolute Gasteiger partial charge is 0.00176 e. The van der Waals surface area contributed by atoms with E-state index < -0.39 is 0 Å². The highest BCUT2D eigenvalue weighted by Gasteiger charge is 2.32. The predicted octanol–water partition coefficient (Wildman–Crippen LogP) is 4.47. The van der Waals surface area contributed by atoms with Crippen molar-refractivity contribution in [2.75, 3.05) is 13.1 Å². The minimum absolute atomic E-state index is 0.481. The van der Waals surface area contributed by atoms with Gasteiger partial charge in [-0.3, -0.25) is 0 Å². The summed E-state index contributed by atoms with van der Waals surface area (Å²) in [5, 5.41) is 3.68. The Morgan fingerprint density at radius 2 is 1.71 bits per heavy atom. The topological polar surface area (TPSA) is 12.0 Å². The van der Waals surface area contributed by atoms with Gasteiger partial charge in [0.25, 0.3) is 0 Å². The molecule has 0 aliphatic heterocycles. The van der Waals surface area contributed by atoms with E-state index in [0.717, 1.165) is 17.8 Å². The van der Waals surface area contributed by atoms with Crippen molar-refractivity contribution in [1.82, 2.24) is 5.32 Å². The highest BCUT2D eigenvalue weighted by molar-refractivity contribution is 4.84. The normalized spacial score (nSPS) is 27.2. The Bertz CT molecular complexity index is 202. The Labute approximate surface area is 109 Å². The molecule has 1 heteroatoms. The summed E-state index contributed by atoms with van der Waals surface area (Å²) >= 11 is 0. The van der Waals surface area contributed by atoms with E-state index in [0.29, 0.717) is 5.41 Å². The Kier molecular flexibility index (Phi) is 5.99. The fourth-order valence-electron chi connectivity index (χ4n) is 3.33. The third-order valence-electron chi connectivity index (χ3n) is 4.23. The number of hydrogen-bond acceptors (Lipinski definition) is 1. The summed E-state index contributed by atoms with van der Waals surface area (Å²) in [7, 11) is 0. The molecule has 1 aliphatic carbocycles. The van der Waals surface area contributed by atoms with Crippen LogP contribution in [0.1, 0.15) is 66.7 Å². The average Bonchev–Trinajstić information content (AvgIpc) is 2.41. The van der Waals surface area contributed by atoms with E-state index in [-0.39, 0.29) is 0 Å². The van der Waals surface area contributed by atoms with Gasteiger partial charge < -0.3 is 5.32 Å². The van der Waals surface area contributed by atoms with Gasteiger partial charge in [-0.15, -0.1) is 0 Å². The first-order valence-electron chi connectivity index (χ1n) is 7.62. The molecule has 1 fully saturated rings. The van der Waals surface area contributed by atoms with Gasteiger partial charge in [-0.2, -0.15) is 0 Å². The SMILES string of the molecule is CC(C)CNCC1CCCCCC1C(C)(C)C. The largest absolute Gasteiger partial charge is 0.316 e. The van der Waals surface area contributed by atoms with Gasteiger partial charge in [0.15, 0.2) is 0 Å². The van der Waals surface area contributed by atoms with Crippen LogP contribution < -0.4 is 5.32 Å². The van der Waals surface area contributed by atoms with E-state index >= 15 is 0 Å². The van der Waals surface area contributed by atoms with Crippen molar-refractivity contribution in [2.45, 2.75) is 66.7 Å². The minimum Gasteiger partial charge on any atom is -0.316 e. The predicted molar refractivity (Wildman–Crippen MR) is 77.2 cm³/mol. The van der Waals surface area contributed by atoms with Gasteiger partial charge >= 0.3 is 0 Å². The maximum Gasteiger partial charge on any atom is -0.00176 e. The van der Waals surface area contributed by atoms with Gasteiger partial charge in [-0.1, -0.05) is 53.9 Å². The summed E-state index contributed by atoms with van der Waals surface area (Å²) in [5.74, 6) is 2.58. The van der Waals surface area contributed by atoms with Crippen LogP contribution in [0.2, 0.25) is 0 Å². The second kappa shape index (κ2) is 6.78. The Morgan fingerprint density at radius 1 is 1.06 bits per heavy atom. The van der Waals surface area contributed by atoms with Crippen molar-refractivity contribution >= 4 is 0 Å². The second-order valence-corrected chi connectivity index (χ2v) is 7.42. The fraction of sp³-hybridized carbons (Fsp3) is 1.00. The van der Waals surface area contributed by atoms with Crippen molar-refractivity contribution in [1.29, 1.82) is 0 Å². The van der Waals surface area contributed by atoms with Gasteiger partial charge in [-0.25, -0.2) is 0 Å². The summed E-state index contributed by atoms with van der Waals surface area (Å²) in [4.78, 5) is 0. The first-order chi connectivity index (χ1) is 7.91. The summed E-state index contributed by atoms with van der Waals surface area (Å²) in [6, 6.07) is 0. The molecule has 0 bridgehead atoms. The lowest BCUT2D eigenvalue weighted by molar-refractivity contribution is 0.144. The maximum absolute atomic E-state index is 3.68. The summed E-state index contributed by atoms with van der Waals surface area (Å²) in [5.41, 5.74) is 0.481. The van der Waals surface area contributed by atoms with Crippen LogP contribution in [0.4, 0.5) is 0 Å². The first kappa shape index (κ1) is 15.0. The van der Waals surface area contributed by atoms with Crippen LogP contribution in [0.5, 0.6) is 0 Å². The Morgan fingerprint density at radius 3 is 2.29 bits per heavy atom. The molecule has 1 saturated carbocycles. The standard InChI is InChI=1S/C16H33N/c1-13(2)11-17-12-14-9-7-6-8-10-15(14)16(3,4)5/h13-15,17H,6-12H2,1-5H3. The van der Waals surface area contributed by atoms with E-state index in [1.165, 1.54) is 45.2 Å². The van der Waals surface area contributed by atoms with Crippen LogP contribution in [-0.4, -0.2) is 13.1 Å². The van der Waals surface area contributed by atoms with Crippen LogP contribution in [0.25, 0.3) is 0 Å². The molecule has 1 nitrogen and oxygen atoms in total. The molecule has 1 N–H and O–H groups in total. The minimum atomic E-state index is 0.481. The van der Waals surface area contributed by atoms with E-state index in [2.05, 4.69) is 39.9 Å². The molecule has 1 rings (SSSR count). The molecule has 0 heterocycles. The van der Waals surface area contributed by atoms with Gasteiger partial charge in [-0.05, 0) is 49.1 Å². The maximum atomic E-state index is 3.68. The molecule has 0 aromatic rings. The molecule has 0 amide bonds. The molecule has 0 spiro atoms. The van der Waals surface area contributed by atoms with Crippen molar-refractivity contribution in [3.05, 3.63) is 0 Å². The van der Waals surface area contributed by atoms with Crippen LogP contribution in [0.15, 0.2) is 0 Å². The third-order valence-corrected chi connectivity index (χ3v) is 4.23. The lowest BCUT2D eigenvalue weighted by atomic mass is 9.70. The van der Waals surface area contributed by atoms with E-state index in [4.69, 9.17) is 0 Å². The molecule has 2 unspecified atom stereocenters. The molecular weight excluding hydrogens is 206 g/mol.